The van der Waals surface area contributed by atoms with Gasteiger partial charge in [-0.1, -0.05) is 24.3 Å². The lowest BCUT2D eigenvalue weighted by molar-refractivity contribution is -0.159. The van der Waals surface area contributed by atoms with Gasteiger partial charge in [-0.2, -0.15) is 0 Å². The smallest absolute Gasteiger partial charge is 0.414 e. The van der Waals surface area contributed by atoms with Crippen molar-refractivity contribution in [2.24, 2.45) is 0 Å². The largest absolute Gasteiger partial charge is 0.473 e. The predicted molar refractivity (Wildman–Crippen MR) is 57.0 cm³/mol. The summed E-state index contributed by atoms with van der Waals surface area (Å²) in [7, 11) is 0. The van der Waals surface area contributed by atoms with Crippen LogP contribution in [0.3, 0.4) is 0 Å². The molecule has 2 rings (SSSR count). The van der Waals surface area contributed by atoms with Gasteiger partial charge in [-0.05, 0) is 16.8 Å². The first-order chi connectivity index (χ1) is 7.61. The first kappa shape index (κ1) is 11.6. The number of nitrogens with zero attached hydrogens (tertiary/aromatic N) is 1. The highest BCUT2D eigenvalue weighted by Gasteiger charge is 2.04. The van der Waals surface area contributed by atoms with Crippen LogP contribution in [0.15, 0.2) is 42.7 Å². The van der Waals surface area contributed by atoms with E-state index < -0.39 is 11.9 Å². The Morgan fingerprint density at radius 3 is 2.00 bits per heavy atom. The molecule has 0 spiro atoms. The van der Waals surface area contributed by atoms with Crippen LogP contribution in [0.25, 0.3) is 10.8 Å². The van der Waals surface area contributed by atoms with Crippen molar-refractivity contribution in [2.45, 2.75) is 0 Å². The SMILES string of the molecule is O=C(O)C(=O)O.c1ccc2cnccc2c1. The topological polar surface area (TPSA) is 87.5 Å². The van der Waals surface area contributed by atoms with E-state index in [1.165, 1.54) is 10.8 Å². The van der Waals surface area contributed by atoms with Gasteiger partial charge in [0.2, 0.25) is 0 Å². The summed E-state index contributed by atoms with van der Waals surface area (Å²) in [4.78, 5) is 22.2. The van der Waals surface area contributed by atoms with E-state index in [9.17, 15) is 0 Å². The summed E-state index contributed by atoms with van der Waals surface area (Å²) in [6, 6.07) is 10.2. The number of carbonyl (C=O) groups is 2. The molecule has 1 aromatic heterocycles. The van der Waals surface area contributed by atoms with Crippen molar-refractivity contribution in [3.05, 3.63) is 42.7 Å². The number of pyridine rings is 1. The van der Waals surface area contributed by atoms with Crippen molar-refractivity contribution in [1.82, 2.24) is 4.98 Å². The molecule has 0 aliphatic carbocycles. The summed E-state index contributed by atoms with van der Waals surface area (Å²) in [5, 5.41) is 17.2. The molecule has 1 heterocycles. The van der Waals surface area contributed by atoms with E-state index in [1.807, 2.05) is 30.6 Å². The third-order valence-electron chi connectivity index (χ3n) is 1.73. The summed E-state index contributed by atoms with van der Waals surface area (Å²) in [5.74, 6) is -3.65. The molecule has 1 aromatic carbocycles. The third-order valence-corrected chi connectivity index (χ3v) is 1.73. The second-order valence-electron chi connectivity index (χ2n) is 2.83. The van der Waals surface area contributed by atoms with Crippen molar-refractivity contribution in [1.29, 1.82) is 0 Å². The van der Waals surface area contributed by atoms with E-state index >= 15 is 0 Å². The van der Waals surface area contributed by atoms with Crippen LogP contribution in [0, 0.1) is 0 Å². The van der Waals surface area contributed by atoms with E-state index in [2.05, 4.69) is 17.1 Å². The van der Waals surface area contributed by atoms with E-state index in [4.69, 9.17) is 19.8 Å². The monoisotopic (exact) mass is 219 g/mol. The van der Waals surface area contributed by atoms with Gasteiger partial charge in [-0.15, -0.1) is 0 Å². The number of fused-ring (bicyclic) bond motifs is 1. The van der Waals surface area contributed by atoms with Crippen LogP contribution in [-0.4, -0.2) is 27.1 Å². The lowest BCUT2D eigenvalue weighted by Crippen LogP contribution is -2.09. The van der Waals surface area contributed by atoms with Crippen molar-refractivity contribution >= 4 is 22.7 Å². The first-order valence-electron chi connectivity index (χ1n) is 4.36. The molecule has 0 radical (unpaired) electrons. The molecule has 82 valence electrons. The van der Waals surface area contributed by atoms with Crippen LogP contribution in [0.5, 0.6) is 0 Å². The van der Waals surface area contributed by atoms with Gasteiger partial charge >= 0.3 is 11.9 Å². The fraction of sp³-hybridized carbons (Fsp3) is 0. The zero-order valence-electron chi connectivity index (χ0n) is 8.20. The predicted octanol–water partition coefficient (Wildman–Crippen LogP) is 1.39. The maximum absolute atomic E-state index is 9.10. The summed E-state index contributed by atoms with van der Waals surface area (Å²) in [6.45, 7) is 0. The minimum Gasteiger partial charge on any atom is -0.473 e. The molecule has 0 saturated carbocycles. The first-order valence-corrected chi connectivity index (χ1v) is 4.36. The van der Waals surface area contributed by atoms with Gasteiger partial charge in [0.15, 0.2) is 0 Å². The Labute approximate surface area is 91.0 Å². The van der Waals surface area contributed by atoms with Gasteiger partial charge in [0.05, 0.1) is 0 Å². The molecule has 0 saturated heterocycles. The van der Waals surface area contributed by atoms with Crippen molar-refractivity contribution in [3.8, 4) is 0 Å². The normalized spacial score (nSPS) is 9.00. The van der Waals surface area contributed by atoms with Gasteiger partial charge in [0.25, 0.3) is 0 Å². The minimum atomic E-state index is -1.82. The van der Waals surface area contributed by atoms with E-state index in [0.29, 0.717) is 0 Å². The Bertz CT molecular complexity index is 433. The molecule has 0 unspecified atom stereocenters. The number of aliphatic carboxylic acids is 2. The number of hydrogen-bond acceptors (Lipinski definition) is 3. The fourth-order valence-corrected chi connectivity index (χ4v) is 1.03. The molecule has 5 nitrogen and oxygen atoms in total. The van der Waals surface area contributed by atoms with Crippen LogP contribution in [0.1, 0.15) is 0 Å². The van der Waals surface area contributed by atoms with Gasteiger partial charge in [0, 0.05) is 12.4 Å². The van der Waals surface area contributed by atoms with Crippen LogP contribution in [0.2, 0.25) is 0 Å². The molecule has 0 fully saturated rings. The molecule has 16 heavy (non-hydrogen) atoms. The highest BCUT2D eigenvalue weighted by atomic mass is 16.4. The van der Waals surface area contributed by atoms with Gasteiger partial charge in [-0.25, -0.2) is 9.59 Å². The average Bonchev–Trinajstić information content (AvgIpc) is 2.30. The Morgan fingerprint density at radius 2 is 1.50 bits per heavy atom. The lowest BCUT2D eigenvalue weighted by Gasteiger charge is -1.91. The highest BCUT2D eigenvalue weighted by molar-refractivity contribution is 6.27. The number of aromatic nitrogens is 1. The van der Waals surface area contributed by atoms with Gasteiger partial charge in [0.1, 0.15) is 0 Å². The Balaban J connectivity index is 0.000000187. The zero-order chi connectivity index (χ0) is 12.0. The molecular weight excluding hydrogens is 210 g/mol. The molecule has 0 bridgehead atoms. The Kier molecular flexibility index (Phi) is 3.97. The Hall–Kier alpha value is -2.43. The van der Waals surface area contributed by atoms with Gasteiger partial charge < -0.3 is 10.2 Å². The number of carboxylic acid groups (broad SMARTS) is 2. The minimum absolute atomic E-state index is 1.20. The summed E-state index contributed by atoms with van der Waals surface area (Å²) < 4.78 is 0. The van der Waals surface area contributed by atoms with E-state index in [1.54, 1.807) is 0 Å². The fourth-order valence-electron chi connectivity index (χ4n) is 1.03. The Morgan fingerprint density at radius 1 is 0.938 bits per heavy atom. The van der Waals surface area contributed by atoms with E-state index in [0.717, 1.165) is 0 Å². The zero-order valence-corrected chi connectivity index (χ0v) is 8.20. The standard InChI is InChI=1S/C9H7N.C2H2O4/c1-2-4-9-7-10-6-5-8(9)3-1;3-1(4)2(5)6/h1-7H;(H,3,4)(H,5,6). The summed E-state index contributed by atoms with van der Waals surface area (Å²) in [6.07, 6.45) is 3.68. The quantitative estimate of drug-likeness (QED) is 0.654. The molecule has 0 aliphatic heterocycles. The van der Waals surface area contributed by atoms with Crippen LogP contribution < -0.4 is 0 Å². The van der Waals surface area contributed by atoms with Crippen LogP contribution in [-0.2, 0) is 9.59 Å². The maximum atomic E-state index is 9.10. The van der Waals surface area contributed by atoms with Crippen molar-refractivity contribution < 1.29 is 19.8 Å². The van der Waals surface area contributed by atoms with Crippen molar-refractivity contribution in [3.63, 3.8) is 0 Å². The number of rotatable bonds is 0. The molecule has 0 atom stereocenters. The highest BCUT2D eigenvalue weighted by Crippen LogP contribution is 2.09. The second-order valence-corrected chi connectivity index (χ2v) is 2.83. The molecule has 0 amide bonds. The van der Waals surface area contributed by atoms with E-state index in [-0.39, 0.29) is 0 Å². The molecule has 5 heteroatoms. The summed E-state index contributed by atoms with van der Waals surface area (Å²) >= 11 is 0. The molecule has 0 aliphatic rings. The molecule has 2 N–H and O–H groups in total. The third kappa shape index (κ3) is 3.38. The number of benzene rings is 1. The number of carboxylic acids is 2. The lowest BCUT2D eigenvalue weighted by atomic mass is 10.2. The maximum Gasteiger partial charge on any atom is 0.414 e. The van der Waals surface area contributed by atoms with Crippen molar-refractivity contribution in [2.75, 3.05) is 0 Å². The molecular formula is C11H9NO4. The van der Waals surface area contributed by atoms with Gasteiger partial charge in [-0.3, -0.25) is 4.98 Å². The average molecular weight is 219 g/mol. The van der Waals surface area contributed by atoms with Crippen LogP contribution >= 0.6 is 0 Å². The number of hydrogen-bond donors (Lipinski definition) is 2. The second kappa shape index (κ2) is 5.45. The summed E-state index contributed by atoms with van der Waals surface area (Å²) in [5.41, 5.74) is 0. The molecule has 2 aromatic rings. The van der Waals surface area contributed by atoms with Crippen LogP contribution in [0.4, 0.5) is 0 Å².